The summed E-state index contributed by atoms with van der Waals surface area (Å²) in [7, 11) is -2.61. The van der Waals surface area contributed by atoms with Gasteiger partial charge in [-0.2, -0.15) is 13.5 Å². The summed E-state index contributed by atoms with van der Waals surface area (Å²) in [5.41, 5.74) is 3.32. The van der Waals surface area contributed by atoms with Crippen LogP contribution >= 0.6 is 11.6 Å². The molecule has 3 rings (SSSR count). The molecule has 0 spiro atoms. The molecule has 0 saturated carbocycles. The minimum Gasteiger partial charge on any atom is -0.493 e. The summed E-state index contributed by atoms with van der Waals surface area (Å²) in [6, 6.07) is 18.8. The first-order valence-electron chi connectivity index (χ1n) is 8.65. The maximum atomic E-state index is 12.4. The number of halogens is 1. The molecule has 3 aromatic rings. The van der Waals surface area contributed by atoms with Crippen molar-refractivity contribution < 1.29 is 22.1 Å². The maximum absolute atomic E-state index is 12.4. The molecule has 0 aliphatic heterocycles. The number of rotatable bonds is 7. The number of hydrogen-bond acceptors (Lipinski definition) is 6. The Labute approximate surface area is 179 Å². The van der Waals surface area contributed by atoms with E-state index in [4.69, 9.17) is 20.5 Å². The molecular formula is C21H17ClN2O5S. The average Bonchev–Trinajstić information content (AvgIpc) is 2.75. The van der Waals surface area contributed by atoms with Crippen LogP contribution in [0.2, 0.25) is 5.02 Å². The molecule has 154 valence electrons. The fraction of sp³-hybridized carbons (Fsp3) is 0.0476. The summed E-state index contributed by atoms with van der Waals surface area (Å²) in [6.45, 7) is 0. The van der Waals surface area contributed by atoms with Gasteiger partial charge >= 0.3 is 10.1 Å². The molecule has 0 aliphatic carbocycles. The topological polar surface area (TPSA) is 94.1 Å². The molecule has 9 heteroatoms. The van der Waals surface area contributed by atoms with Gasteiger partial charge in [0.15, 0.2) is 11.5 Å². The largest absolute Gasteiger partial charge is 0.493 e. The standard InChI is InChI=1S/C21H17ClN2O5S/c1-28-20-12-15(14-23-24-21(25)16-6-5-7-17(22)13-16)10-11-19(20)29-30(26,27)18-8-3-2-4-9-18/h2-14H,1H3,(H,24,25)/b23-14-. The molecule has 30 heavy (non-hydrogen) atoms. The molecule has 0 aromatic heterocycles. The lowest BCUT2D eigenvalue weighted by atomic mass is 10.2. The summed E-state index contributed by atoms with van der Waals surface area (Å²) in [6.07, 6.45) is 1.39. The van der Waals surface area contributed by atoms with Gasteiger partial charge in [0.2, 0.25) is 0 Å². The van der Waals surface area contributed by atoms with Crippen molar-refractivity contribution in [1.82, 2.24) is 5.43 Å². The third-order valence-electron chi connectivity index (χ3n) is 3.89. The zero-order valence-electron chi connectivity index (χ0n) is 15.8. The minimum absolute atomic E-state index is 0.0291. The first kappa shape index (κ1) is 21.4. The van der Waals surface area contributed by atoms with Crippen LogP contribution in [0.5, 0.6) is 11.5 Å². The lowest BCUT2D eigenvalue weighted by molar-refractivity contribution is 0.0955. The second kappa shape index (κ2) is 9.43. The molecule has 0 bridgehead atoms. The van der Waals surface area contributed by atoms with Crippen molar-refractivity contribution in [2.45, 2.75) is 4.90 Å². The molecule has 0 heterocycles. The third-order valence-corrected chi connectivity index (χ3v) is 5.37. The Bertz CT molecular complexity index is 1180. The van der Waals surface area contributed by atoms with Gasteiger partial charge in [0.05, 0.1) is 13.3 Å². The van der Waals surface area contributed by atoms with Crippen LogP contribution in [0.25, 0.3) is 0 Å². The summed E-state index contributed by atoms with van der Waals surface area (Å²) in [5.74, 6) is -0.198. The Morgan fingerprint density at radius 3 is 2.47 bits per heavy atom. The van der Waals surface area contributed by atoms with Crippen LogP contribution < -0.4 is 14.3 Å². The molecular weight excluding hydrogens is 428 g/mol. The van der Waals surface area contributed by atoms with Crippen molar-refractivity contribution in [2.75, 3.05) is 7.11 Å². The van der Waals surface area contributed by atoms with Gasteiger partial charge in [-0.05, 0) is 54.1 Å². The second-order valence-electron chi connectivity index (χ2n) is 5.97. The summed E-state index contributed by atoms with van der Waals surface area (Å²) in [5, 5.41) is 4.33. The number of carbonyl (C=O) groups is 1. The smallest absolute Gasteiger partial charge is 0.339 e. The van der Waals surface area contributed by atoms with E-state index in [1.165, 1.54) is 43.7 Å². The van der Waals surface area contributed by atoms with Gasteiger partial charge in [0, 0.05) is 10.6 Å². The first-order valence-corrected chi connectivity index (χ1v) is 10.4. The van der Waals surface area contributed by atoms with Gasteiger partial charge in [-0.3, -0.25) is 4.79 Å². The lowest BCUT2D eigenvalue weighted by Crippen LogP contribution is -2.17. The highest BCUT2D eigenvalue weighted by Crippen LogP contribution is 2.30. The van der Waals surface area contributed by atoms with Crippen molar-refractivity contribution >= 4 is 33.8 Å². The minimum atomic E-state index is -4.00. The van der Waals surface area contributed by atoms with Gasteiger partial charge in [-0.25, -0.2) is 5.43 Å². The first-order chi connectivity index (χ1) is 14.4. The van der Waals surface area contributed by atoms with E-state index in [0.29, 0.717) is 16.1 Å². The Balaban J connectivity index is 1.72. The average molecular weight is 445 g/mol. The van der Waals surface area contributed by atoms with Crippen molar-refractivity contribution in [3.8, 4) is 11.5 Å². The Morgan fingerprint density at radius 2 is 1.77 bits per heavy atom. The fourth-order valence-corrected chi connectivity index (χ4v) is 3.60. The van der Waals surface area contributed by atoms with Crippen LogP contribution in [0, 0.1) is 0 Å². The molecule has 3 aromatic carbocycles. The summed E-state index contributed by atoms with van der Waals surface area (Å²) < 4.78 is 35.2. The molecule has 0 fully saturated rings. The van der Waals surface area contributed by atoms with E-state index >= 15 is 0 Å². The predicted octanol–water partition coefficient (Wildman–Crippen LogP) is 3.88. The maximum Gasteiger partial charge on any atom is 0.339 e. The number of hydrazone groups is 1. The van der Waals surface area contributed by atoms with Crippen molar-refractivity contribution in [3.05, 3.63) is 88.9 Å². The van der Waals surface area contributed by atoms with Crippen LogP contribution in [0.3, 0.4) is 0 Å². The number of carbonyl (C=O) groups excluding carboxylic acids is 1. The number of nitrogens with zero attached hydrogens (tertiary/aromatic N) is 1. The highest BCUT2D eigenvalue weighted by molar-refractivity contribution is 7.87. The number of ether oxygens (including phenoxy) is 1. The summed E-state index contributed by atoms with van der Waals surface area (Å²) >= 11 is 5.86. The highest BCUT2D eigenvalue weighted by atomic mass is 35.5. The van der Waals surface area contributed by atoms with E-state index in [-0.39, 0.29) is 16.4 Å². The van der Waals surface area contributed by atoms with E-state index in [1.807, 2.05) is 0 Å². The van der Waals surface area contributed by atoms with Crippen LogP contribution in [0.15, 0.2) is 82.8 Å². The van der Waals surface area contributed by atoms with Gasteiger partial charge in [-0.15, -0.1) is 0 Å². The number of methoxy groups -OCH3 is 1. The fourth-order valence-electron chi connectivity index (χ4n) is 2.45. The van der Waals surface area contributed by atoms with Crippen LogP contribution in [-0.4, -0.2) is 27.6 Å². The zero-order valence-corrected chi connectivity index (χ0v) is 17.4. The van der Waals surface area contributed by atoms with Crippen molar-refractivity contribution in [1.29, 1.82) is 0 Å². The second-order valence-corrected chi connectivity index (χ2v) is 7.95. The monoisotopic (exact) mass is 444 g/mol. The normalized spacial score (nSPS) is 11.3. The molecule has 0 unspecified atom stereocenters. The van der Waals surface area contributed by atoms with E-state index in [2.05, 4.69) is 10.5 Å². The molecule has 0 saturated heterocycles. The van der Waals surface area contributed by atoms with E-state index in [9.17, 15) is 13.2 Å². The van der Waals surface area contributed by atoms with Gasteiger partial charge in [0.1, 0.15) is 4.90 Å². The van der Waals surface area contributed by atoms with E-state index in [1.54, 1.807) is 42.5 Å². The Morgan fingerprint density at radius 1 is 1.00 bits per heavy atom. The number of hydrogen-bond donors (Lipinski definition) is 1. The number of benzene rings is 3. The van der Waals surface area contributed by atoms with Crippen molar-refractivity contribution in [3.63, 3.8) is 0 Å². The molecule has 0 aliphatic rings. The predicted molar refractivity (Wildman–Crippen MR) is 114 cm³/mol. The highest BCUT2D eigenvalue weighted by Gasteiger charge is 2.18. The molecule has 1 N–H and O–H groups in total. The molecule has 0 radical (unpaired) electrons. The van der Waals surface area contributed by atoms with Crippen LogP contribution in [0.1, 0.15) is 15.9 Å². The van der Waals surface area contributed by atoms with Gasteiger partial charge in [0.25, 0.3) is 5.91 Å². The molecule has 7 nitrogen and oxygen atoms in total. The lowest BCUT2D eigenvalue weighted by Gasteiger charge is -2.11. The van der Waals surface area contributed by atoms with Crippen LogP contribution in [-0.2, 0) is 10.1 Å². The zero-order chi connectivity index (χ0) is 21.6. The molecule has 0 atom stereocenters. The quantitative estimate of drug-likeness (QED) is 0.339. The molecule has 1 amide bonds. The van der Waals surface area contributed by atoms with Gasteiger partial charge < -0.3 is 8.92 Å². The summed E-state index contributed by atoms with van der Waals surface area (Å²) in [4.78, 5) is 12.1. The van der Waals surface area contributed by atoms with E-state index < -0.39 is 16.0 Å². The van der Waals surface area contributed by atoms with Crippen molar-refractivity contribution in [2.24, 2.45) is 5.10 Å². The van der Waals surface area contributed by atoms with Crippen LogP contribution in [0.4, 0.5) is 0 Å². The number of nitrogens with one attached hydrogen (secondary N) is 1. The van der Waals surface area contributed by atoms with Gasteiger partial charge in [-0.1, -0.05) is 35.9 Å². The number of amides is 1. The Kier molecular flexibility index (Phi) is 6.71. The Hall–Kier alpha value is -3.36. The van der Waals surface area contributed by atoms with E-state index in [0.717, 1.165) is 0 Å². The SMILES string of the molecule is COc1cc(/C=N\NC(=O)c2cccc(Cl)c2)ccc1OS(=O)(=O)c1ccccc1. The third kappa shape index (κ3) is 5.37.